The van der Waals surface area contributed by atoms with E-state index < -0.39 is 32.4 Å². The first-order chi connectivity index (χ1) is 14.5. The van der Waals surface area contributed by atoms with E-state index in [2.05, 4.69) is 15.0 Å². The number of hydrogen-bond acceptors (Lipinski definition) is 10. The predicted octanol–water partition coefficient (Wildman–Crippen LogP) is 1.99. The predicted molar refractivity (Wildman–Crippen MR) is 106 cm³/mol. The van der Waals surface area contributed by atoms with Crippen LogP contribution in [0.4, 0.5) is 5.82 Å². The SMILES string of the molecule is CO[C@@H]1[C@@H]2OP(=O)(O)OC[C@H]2O[C@H]1n1c(Sc2ccccc2)nc2c(N)ncnc21. The molecule has 2 aliphatic heterocycles. The standard InChI is InChI=1S/C17H18N5O6PS/c1-25-13-12-10(7-26-29(23,24)28-12)27-16(13)22-15-11(14(18)19-8-20-15)21-17(22)30-9-5-3-2-4-6-9/h2-6,8,10,12-13,16H,7H2,1H3,(H,23,24)(H2,18,19,20)/t10-,12-,13-,16-/m1/s1. The number of ether oxygens (including phenoxy) is 2. The Morgan fingerprint density at radius 2 is 2.13 bits per heavy atom. The molecule has 1 unspecified atom stereocenters. The van der Waals surface area contributed by atoms with Gasteiger partial charge in [-0.2, -0.15) is 0 Å². The van der Waals surface area contributed by atoms with Gasteiger partial charge in [0.05, 0.1) is 6.61 Å². The Balaban J connectivity index is 1.61. The molecular weight excluding hydrogens is 433 g/mol. The molecule has 158 valence electrons. The average molecular weight is 451 g/mol. The maximum absolute atomic E-state index is 11.9. The van der Waals surface area contributed by atoms with E-state index in [1.807, 2.05) is 30.3 Å². The molecule has 3 aromatic rings. The van der Waals surface area contributed by atoms with Crippen molar-refractivity contribution in [3.8, 4) is 0 Å². The van der Waals surface area contributed by atoms with Crippen molar-refractivity contribution in [1.82, 2.24) is 19.5 Å². The Kier molecular flexibility index (Phi) is 5.02. The van der Waals surface area contributed by atoms with Crippen molar-refractivity contribution in [2.75, 3.05) is 19.5 Å². The fourth-order valence-corrected chi connectivity index (χ4v) is 5.47. The van der Waals surface area contributed by atoms with Crippen LogP contribution in [0.3, 0.4) is 0 Å². The van der Waals surface area contributed by atoms with E-state index in [1.165, 1.54) is 25.2 Å². The van der Waals surface area contributed by atoms with Gasteiger partial charge in [0.1, 0.15) is 24.6 Å². The minimum absolute atomic E-state index is 0.0975. The third kappa shape index (κ3) is 3.40. The van der Waals surface area contributed by atoms with Gasteiger partial charge in [0.25, 0.3) is 0 Å². The maximum atomic E-state index is 11.9. The van der Waals surface area contributed by atoms with Crippen LogP contribution in [0.15, 0.2) is 46.7 Å². The van der Waals surface area contributed by atoms with Crippen LogP contribution >= 0.6 is 19.6 Å². The molecule has 11 nitrogen and oxygen atoms in total. The van der Waals surface area contributed by atoms with Crippen LogP contribution in [0.1, 0.15) is 6.23 Å². The van der Waals surface area contributed by atoms with Gasteiger partial charge in [0.2, 0.25) is 0 Å². The highest BCUT2D eigenvalue weighted by Gasteiger charge is 2.54. The van der Waals surface area contributed by atoms with Crippen LogP contribution in [-0.4, -0.2) is 56.4 Å². The smallest absolute Gasteiger partial charge is 0.382 e. The third-order valence-corrected chi connectivity index (χ3v) is 6.86. The number of benzene rings is 1. The molecule has 0 radical (unpaired) electrons. The summed E-state index contributed by atoms with van der Waals surface area (Å²) in [5.41, 5.74) is 6.91. The zero-order chi connectivity index (χ0) is 20.9. The minimum atomic E-state index is -4.17. The second kappa shape index (κ2) is 7.57. The molecule has 2 aliphatic rings. The highest BCUT2D eigenvalue weighted by Crippen LogP contribution is 2.53. The van der Waals surface area contributed by atoms with Gasteiger partial charge in [0, 0.05) is 12.0 Å². The second-order valence-corrected chi connectivity index (χ2v) is 9.16. The first-order valence-electron chi connectivity index (χ1n) is 9.02. The van der Waals surface area contributed by atoms with E-state index >= 15 is 0 Å². The summed E-state index contributed by atoms with van der Waals surface area (Å²) in [6.07, 6.45) is -1.49. The average Bonchev–Trinajstić information content (AvgIpc) is 3.25. The van der Waals surface area contributed by atoms with E-state index in [0.717, 1.165) is 4.90 Å². The van der Waals surface area contributed by atoms with Crippen LogP contribution in [0.25, 0.3) is 11.2 Å². The summed E-state index contributed by atoms with van der Waals surface area (Å²) in [4.78, 5) is 23.7. The lowest BCUT2D eigenvalue weighted by Crippen LogP contribution is -2.40. The number of phosphoric ester groups is 1. The van der Waals surface area contributed by atoms with Gasteiger partial charge in [0.15, 0.2) is 28.4 Å². The summed E-state index contributed by atoms with van der Waals surface area (Å²) in [5.74, 6) is 0.234. The maximum Gasteiger partial charge on any atom is 0.472 e. The van der Waals surface area contributed by atoms with E-state index in [-0.39, 0.29) is 12.4 Å². The minimum Gasteiger partial charge on any atom is -0.382 e. The quantitative estimate of drug-likeness (QED) is 0.562. The van der Waals surface area contributed by atoms with Crippen molar-refractivity contribution >= 4 is 36.6 Å². The van der Waals surface area contributed by atoms with Crippen molar-refractivity contribution in [3.63, 3.8) is 0 Å². The molecule has 1 aromatic carbocycles. The number of anilines is 1. The number of rotatable bonds is 4. The van der Waals surface area contributed by atoms with Gasteiger partial charge in [-0.25, -0.2) is 19.5 Å². The molecule has 5 atom stereocenters. The fraction of sp³-hybridized carbons (Fsp3) is 0.353. The molecular formula is C17H18N5O6PS. The summed E-state index contributed by atoms with van der Waals surface area (Å²) in [7, 11) is -2.69. The molecule has 2 fully saturated rings. The van der Waals surface area contributed by atoms with Crippen molar-refractivity contribution in [2.24, 2.45) is 0 Å². The van der Waals surface area contributed by atoms with Crippen LogP contribution in [-0.2, 0) is 23.1 Å². The van der Waals surface area contributed by atoms with Crippen LogP contribution in [0.2, 0.25) is 0 Å². The number of nitrogen functional groups attached to an aromatic ring is 1. The summed E-state index contributed by atoms with van der Waals surface area (Å²) < 4.78 is 35.6. The first-order valence-corrected chi connectivity index (χ1v) is 11.3. The van der Waals surface area contributed by atoms with Gasteiger partial charge in [-0.15, -0.1) is 0 Å². The number of fused-ring (bicyclic) bond motifs is 2. The Hall–Kier alpha value is -2.05. The molecule has 13 heteroatoms. The second-order valence-electron chi connectivity index (χ2n) is 6.71. The fourth-order valence-electron chi connectivity index (χ4n) is 3.58. The van der Waals surface area contributed by atoms with Gasteiger partial charge in [-0.3, -0.25) is 13.6 Å². The van der Waals surface area contributed by atoms with E-state index in [1.54, 1.807) is 4.57 Å². The van der Waals surface area contributed by atoms with Crippen LogP contribution in [0, 0.1) is 0 Å². The summed E-state index contributed by atoms with van der Waals surface area (Å²) in [6.45, 7) is -0.0975. The van der Waals surface area contributed by atoms with Crippen molar-refractivity contribution in [3.05, 3.63) is 36.7 Å². The normalized spacial score (nSPS) is 31.1. The monoisotopic (exact) mass is 451 g/mol. The van der Waals surface area contributed by atoms with Gasteiger partial charge in [-0.05, 0) is 12.1 Å². The highest BCUT2D eigenvalue weighted by atomic mass is 32.2. The lowest BCUT2D eigenvalue weighted by molar-refractivity contribution is -0.0690. The molecule has 0 aliphatic carbocycles. The molecule has 4 heterocycles. The number of aromatic nitrogens is 4. The molecule has 0 amide bonds. The van der Waals surface area contributed by atoms with E-state index in [4.69, 9.17) is 24.3 Å². The Morgan fingerprint density at radius 3 is 2.90 bits per heavy atom. The zero-order valence-electron chi connectivity index (χ0n) is 15.7. The number of phosphoric acid groups is 1. The molecule has 2 aromatic heterocycles. The number of hydrogen-bond donors (Lipinski definition) is 2. The van der Waals surface area contributed by atoms with Crippen LogP contribution in [0.5, 0.6) is 0 Å². The molecule has 3 N–H and O–H groups in total. The summed E-state index contributed by atoms with van der Waals surface area (Å²) in [5, 5.41) is 0.558. The van der Waals surface area contributed by atoms with Crippen molar-refractivity contribution in [1.29, 1.82) is 0 Å². The van der Waals surface area contributed by atoms with Crippen molar-refractivity contribution in [2.45, 2.75) is 34.6 Å². The van der Waals surface area contributed by atoms with Gasteiger partial charge in [-0.1, -0.05) is 30.0 Å². The Morgan fingerprint density at radius 1 is 1.33 bits per heavy atom. The molecule has 0 saturated carbocycles. The Bertz CT molecular complexity index is 1130. The van der Waals surface area contributed by atoms with Gasteiger partial charge >= 0.3 is 7.82 Å². The van der Waals surface area contributed by atoms with Crippen molar-refractivity contribution < 1.29 is 28.0 Å². The number of nitrogens with two attached hydrogens (primary N) is 1. The van der Waals surface area contributed by atoms with Crippen LogP contribution < -0.4 is 5.73 Å². The lowest BCUT2D eigenvalue weighted by atomic mass is 10.1. The number of nitrogens with zero attached hydrogens (tertiary/aromatic N) is 4. The van der Waals surface area contributed by atoms with E-state index in [9.17, 15) is 9.46 Å². The first kappa shape index (κ1) is 19.9. The topological polar surface area (TPSA) is 144 Å². The number of methoxy groups -OCH3 is 1. The van der Waals surface area contributed by atoms with Gasteiger partial charge < -0.3 is 20.1 Å². The van der Waals surface area contributed by atoms with E-state index in [0.29, 0.717) is 16.3 Å². The molecule has 0 spiro atoms. The zero-order valence-corrected chi connectivity index (χ0v) is 17.4. The molecule has 30 heavy (non-hydrogen) atoms. The highest BCUT2D eigenvalue weighted by molar-refractivity contribution is 7.99. The lowest BCUT2D eigenvalue weighted by Gasteiger charge is -2.29. The molecule has 0 bridgehead atoms. The summed E-state index contributed by atoms with van der Waals surface area (Å²) in [6, 6.07) is 9.67. The largest absolute Gasteiger partial charge is 0.472 e. The summed E-state index contributed by atoms with van der Waals surface area (Å²) >= 11 is 1.40. The molecule has 5 rings (SSSR count). The Labute approximate surface area is 175 Å². The third-order valence-electron chi connectivity index (χ3n) is 4.89. The number of imidazole rings is 1. The molecule has 2 saturated heterocycles.